The van der Waals surface area contributed by atoms with Crippen LogP contribution in [-0.2, 0) is 9.59 Å². The summed E-state index contributed by atoms with van der Waals surface area (Å²) in [7, 11) is 0. The van der Waals surface area contributed by atoms with Gasteiger partial charge in [-0.05, 0) is 51.4 Å². The fourth-order valence-electron chi connectivity index (χ4n) is 5.32. The van der Waals surface area contributed by atoms with Crippen LogP contribution in [-0.4, -0.2) is 72.1 Å². The number of aliphatic hydroxyl groups excluding tert-OH is 2. The van der Waals surface area contributed by atoms with E-state index in [1.807, 2.05) is 0 Å². The number of aliphatic hydroxyl groups is 2. The molecule has 0 heterocycles. The maximum atomic E-state index is 10.2. The van der Waals surface area contributed by atoms with Gasteiger partial charge in [0, 0.05) is 11.9 Å². The summed E-state index contributed by atoms with van der Waals surface area (Å²) >= 11 is 0. The molecule has 0 aromatic heterocycles. The Morgan fingerprint density at radius 2 is 0.628 bits per heavy atom. The van der Waals surface area contributed by atoms with Crippen molar-refractivity contribution in [2.45, 2.75) is 219 Å². The van der Waals surface area contributed by atoms with Crippen molar-refractivity contribution in [1.29, 1.82) is 0 Å². The van der Waals surface area contributed by atoms with Gasteiger partial charge in [-0.15, -0.1) is 0 Å². The van der Waals surface area contributed by atoms with Gasteiger partial charge in [0.2, 0.25) is 0 Å². The van der Waals surface area contributed by atoms with Gasteiger partial charge in [-0.2, -0.15) is 0 Å². The third kappa shape index (κ3) is 46.7. The van der Waals surface area contributed by atoms with Gasteiger partial charge in [0.15, 0.2) is 0 Å². The fraction of sp³-hybridized carbons (Fsp3) is 0.944. The molecule has 0 aromatic rings. The second-order valence-electron chi connectivity index (χ2n) is 12.5. The zero-order valence-electron chi connectivity index (χ0n) is 28.6. The maximum absolute atomic E-state index is 10.2. The van der Waals surface area contributed by atoms with Crippen molar-refractivity contribution >= 4 is 49.7 Å². The first-order valence-electron chi connectivity index (χ1n) is 18.1. The zero-order valence-corrected chi connectivity index (χ0v) is 30.8. The number of carboxylic acids is 2. The van der Waals surface area contributed by atoms with Crippen molar-refractivity contribution in [2.24, 2.45) is 0 Å². The quantitative estimate of drug-likeness (QED) is 0.0580. The largest absolute Gasteiger partial charge is 2.00 e. The average Bonchev–Trinajstić information content (AvgIpc) is 2.95. The van der Waals surface area contributed by atoms with Gasteiger partial charge in [-0.1, -0.05) is 155 Å². The summed E-state index contributed by atoms with van der Waals surface area (Å²) < 4.78 is 0. The second kappa shape index (κ2) is 40.1. The summed E-state index contributed by atoms with van der Waals surface area (Å²) in [6.07, 6.45) is 31.8. The Morgan fingerprint density at radius 1 is 0.419 bits per heavy atom. The first kappa shape index (κ1) is 47.5. The molecule has 0 rings (SSSR count). The maximum Gasteiger partial charge on any atom is 2.00 e. The second-order valence-corrected chi connectivity index (χ2v) is 12.5. The predicted molar refractivity (Wildman–Crippen MR) is 178 cm³/mol. The number of carbonyl (C=O) groups excluding carboxylic acids is 2. The molecule has 0 aromatic carbocycles. The zero-order chi connectivity index (χ0) is 31.5. The van der Waals surface area contributed by atoms with Crippen LogP contribution in [0.2, 0.25) is 0 Å². The number of carboxylic acid groups (broad SMARTS) is 2. The molecule has 0 spiro atoms. The summed E-state index contributed by atoms with van der Waals surface area (Å²) in [5, 5.41) is 40.2. The van der Waals surface area contributed by atoms with E-state index in [0.717, 1.165) is 77.0 Å². The van der Waals surface area contributed by atoms with E-state index in [0.29, 0.717) is 0 Å². The molecule has 0 radical (unpaired) electrons. The van der Waals surface area contributed by atoms with Gasteiger partial charge in [-0.25, -0.2) is 0 Å². The van der Waals surface area contributed by atoms with E-state index in [1.165, 1.54) is 103 Å². The molecule has 2 atom stereocenters. The number of hydrogen-bond donors (Lipinski definition) is 2. The number of unbranched alkanes of at least 4 members (excludes halogenated alkanes) is 20. The topological polar surface area (TPSA) is 121 Å². The Morgan fingerprint density at radius 3 is 0.860 bits per heavy atom. The van der Waals surface area contributed by atoms with Crippen LogP contribution in [0.15, 0.2) is 0 Å². The summed E-state index contributed by atoms with van der Waals surface area (Å²) in [4.78, 5) is 20.5. The van der Waals surface area contributed by atoms with Crippen molar-refractivity contribution in [3.63, 3.8) is 0 Å². The Balaban J connectivity index is -0.000000727. The van der Waals surface area contributed by atoms with Gasteiger partial charge in [0.25, 0.3) is 0 Å². The van der Waals surface area contributed by atoms with Crippen molar-refractivity contribution in [3.05, 3.63) is 0 Å². The molecule has 43 heavy (non-hydrogen) atoms. The average molecular weight is 639 g/mol. The van der Waals surface area contributed by atoms with Gasteiger partial charge < -0.3 is 30.0 Å². The van der Waals surface area contributed by atoms with Gasteiger partial charge in [0.1, 0.15) is 0 Å². The molecule has 6 nitrogen and oxygen atoms in total. The molecule has 252 valence electrons. The normalized spacial score (nSPS) is 12.2. The van der Waals surface area contributed by atoms with Crippen LogP contribution in [0.5, 0.6) is 0 Å². The minimum atomic E-state index is -0.932. The third-order valence-corrected chi connectivity index (χ3v) is 8.12. The molecule has 0 aliphatic heterocycles. The number of rotatable bonds is 32. The number of hydrogen-bond acceptors (Lipinski definition) is 6. The minimum Gasteiger partial charge on any atom is -0.550 e. The van der Waals surface area contributed by atoms with Gasteiger partial charge >= 0.3 is 37.7 Å². The van der Waals surface area contributed by atoms with Crippen LogP contribution >= 0.6 is 0 Å². The summed E-state index contributed by atoms with van der Waals surface area (Å²) in [5.74, 6) is -1.86. The standard InChI is InChI=1S/2C18H36O3.Ca/c2*1-2-3-4-8-11-14-17(19)15-12-9-6-5-7-10-13-16-18(20)21;/h2*17,19H,2-16H2,1H3,(H,20,21);/q;;+2/p-2. The van der Waals surface area contributed by atoms with Crippen LogP contribution in [0.1, 0.15) is 206 Å². The monoisotopic (exact) mass is 638 g/mol. The van der Waals surface area contributed by atoms with Crippen LogP contribution in [0, 0.1) is 0 Å². The number of aliphatic carboxylic acids is 2. The molecule has 0 fully saturated rings. The molecule has 0 saturated carbocycles. The van der Waals surface area contributed by atoms with Crippen LogP contribution in [0.3, 0.4) is 0 Å². The molecule has 7 heteroatoms. The molecule has 2 N–H and O–H groups in total. The molecule has 2 unspecified atom stereocenters. The third-order valence-electron chi connectivity index (χ3n) is 8.12. The molecule has 0 amide bonds. The van der Waals surface area contributed by atoms with E-state index in [-0.39, 0.29) is 62.8 Å². The predicted octanol–water partition coefficient (Wildman–Crippen LogP) is 7.56. The Labute approximate surface area is 296 Å². The fourth-order valence-corrected chi connectivity index (χ4v) is 5.32. The Bertz CT molecular complexity index is 512. The minimum absolute atomic E-state index is 0. The van der Waals surface area contributed by atoms with Crippen LogP contribution < -0.4 is 10.2 Å². The summed E-state index contributed by atoms with van der Waals surface area (Å²) in [6, 6.07) is 0. The van der Waals surface area contributed by atoms with Crippen molar-refractivity contribution in [2.75, 3.05) is 0 Å². The van der Waals surface area contributed by atoms with Crippen molar-refractivity contribution < 1.29 is 30.0 Å². The molecule has 0 saturated heterocycles. The van der Waals surface area contributed by atoms with Crippen LogP contribution in [0.25, 0.3) is 0 Å². The molecular formula is C36H70CaO6. The van der Waals surface area contributed by atoms with Crippen molar-refractivity contribution in [1.82, 2.24) is 0 Å². The summed E-state index contributed by atoms with van der Waals surface area (Å²) in [5.41, 5.74) is 0. The van der Waals surface area contributed by atoms with E-state index < -0.39 is 11.9 Å². The van der Waals surface area contributed by atoms with E-state index in [9.17, 15) is 30.0 Å². The first-order chi connectivity index (χ1) is 20.3. The Hall–Kier alpha value is 0.120. The molecule has 0 aliphatic rings. The van der Waals surface area contributed by atoms with E-state index in [4.69, 9.17) is 0 Å². The Kier molecular flexibility index (Phi) is 44.4. The SMILES string of the molecule is CCCCCCCC(O)CCCCCCCCCC(=O)[O-].CCCCCCCC(O)CCCCCCCCCC(=O)[O-].[Ca+2]. The van der Waals surface area contributed by atoms with Gasteiger partial charge in [0.05, 0.1) is 12.2 Å². The number of carbonyl (C=O) groups is 2. The van der Waals surface area contributed by atoms with Gasteiger partial charge in [-0.3, -0.25) is 0 Å². The molecule has 0 bridgehead atoms. The van der Waals surface area contributed by atoms with E-state index in [2.05, 4.69) is 13.8 Å². The van der Waals surface area contributed by atoms with Crippen molar-refractivity contribution in [3.8, 4) is 0 Å². The molecule has 0 aliphatic carbocycles. The first-order valence-corrected chi connectivity index (χ1v) is 18.1. The van der Waals surface area contributed by atoms with Crippen LogP contribution in [0.4, 0.5) is 0 Å². The van der Waals surface area contributed by atoms with E-state index >= 15 is 0 Å². The smallest absolute Gasteiger partial charge is 0.550 e. The van der Waals surface area contributed by atoms with E-state index in [1.54, 1.807) is 0 Å². The molecular weight excluding hydrogens is 568 g/mol. The summed E-state index contributed by atoms with van der Waals surface area (Å²) in [6.45, 7) is 4.44.